The van der Waals surface area contributed by atoms with Crippen LogP contribution in [0.2, 0.25) is 0 Å². The van der Waals surface area contributed by atoms with Crippen molar-refractivity contribution >= 4 is 23.7 Å². The highest BCUT2D eigenvalue weighted by Gasteiger charge is 2.17. The molecule has 1 N–H and O–H groups in total. The Balaban J connectivity index is 3.83. The largest absolute Gasteiger partial charge is 0.478 e. The molecule has 0 aromatic rings. The number of esters is 1. The molecule has 0 radical (unpaired) electrons. The maximum absolute atomic E-state index is 10.2. The lowest BCUT2D eigenvalue weighted by Crippen LogP contribution is -2.21. The van der Waals surface area contributed by atoms with Crippen LogP contribution in [-0.2, 0) is 14.3 Å². The van der Waals surface area contributed by atoms with E-state index in [0.717, 1.165) is 11.8 Å². The van der Waals surface area contributed by atoms with Crippen LogP contribution in [0, 0.1) is 0 Å². The van der Waals surface area contributed by atoms with Gasteiger partial charge < -0.3 is 9.84 Å². The van der Waals surface area contributed by atoms with Gasteiger partial charge in [0.2, 0.25) is 5.44 Å². The smallest absolute Gasteiger partial charge is 0.355 e. The van der Waals surface area contributed by atoms with Crippen molar-refractivity contribution in [3.8, 4) is 0 Å². The van der Waals surface area contributed by atoms with Gasteiger partial charge in [0.05, 0.1) is 0 Å². The number of carboxylic acid groups (broad SMARTS) is 1. The van der Waals surface area contributed by atoms with Gasteiger partial charge in [-0.05, 0) is 6.26 Å². The van der Waals surface area contributed by atoms with Gasteiger partial charge in [0.25, 0.3) is 0 Å². The monoisotopic (exact) mass is 164 g/mol. The first kappa shape index (κ1) is 9.29. The summed E-state index contributed by atoms with van der Waals surface area (Å²) in [5.74, 6) is -1.72. The fourth-order valence-electron chi connectivity index (χ4n) is 0.350. The molecule has 0 saturated carbocycles. The van der Waals surface area contributed by atoms with Crippen molar-refractivity contribution in [2.45, 2.75) is 12.4 Å². The lowest BCUT2D eigenvalue weighted by molar-refractivity contribution is -0.156. The minimum Gasteiger partial charge on any atom is -0.478 e. The van der Waals surface area contributed by atoms with Gasteiger partial charge in [-0.2, -0.15) is 0 Å². The molecular formula is C5H8O4S. The zero-order valence-electron chi connectivity index (χ0n) is 5.66. The van der Waals surface area contributed by atoms with Gasteiger partial charge in [-0.15, -0.1) is 11.8 Å². The Morgan fingerprint density at radius 3 is 2.20 bits per heavy atom. The molecule has 0 fully saturated rings. The van der Waals surface area contributed by atoms with Crippen LogP contribution >= 0.6 is 11.8 Å². The second-order valence-electron chi connectivity index (χ2n) is 1.52. The molecule has 0 aromatic carbocycles. The summed E-state index contributed by atoms with van der Waals surface area (Å²) in [6, 6.07) is 0. The number of thioether (sulfide) groups is 1. The fraction of sp³-hybridized carbons (Fsp3) is 0.600. The van der Waals surface area contributed by atoms with E-state index >= 15 is 0 Å². The molecule has 0 aliphatic heterocycles. The third-order valence-corrected chi connectivity index (χ3v) is 1.41. The number of hydrogen-bond donors (Lipinski definition) is 1. The lowest BCUT2D eigenvalue weighted by atomic mass is 10.7. The average molecular weight is 164 g/mol. The molecule has 4 nitrogen and oxygen atoms in total. The van der Waals surface area contributed by atoms with E-state index in [0.29, 0.717) is 0 Å². The quantitative estimate of drug-likeness (QED) is 0.481. The maximum atomic E-state index is 10.2. The van der Waals surface area contributed by atoms with Crippen molar-refractivity contribution in [2.75, 3.05) is 6.26 Å². The molecule has 0 spiro atoms. The summed E-state index contributed by atoms with van der Waals surface area (Å²) >= 11 is 0.964. The van der Waals surface area contributed by atoms with Gasteiger partial charge in [0, 0.05) is 6.92 Å². The van der Waals surface area contributed by atoms with Crippen LogP contribution in [0.4, 0.5) is 0 Å². The number of carbonyl (C=O) groups excluding carboxylic acids is 1. The van der Waals surface area contributed by atoms with E-state index in [2.05, 4.69) is 4.74 Å². The number of carbonyl (C=O) groups is 2. The summed E-state index contributed by atoms with van der Waals surface area (Å²) < 4.78 is 4.39. The highest BCUT2D eigenvalue weighted by molar-refractivity contribution is 7.99. The highest BCUT2D eigenvalue weighted by atomic mass is 32.2. The van der Waals surface area contributed by atoms with E-state index in [-0.39, 0.29) is 0 Å². The second-order valence-corrected chi connectivity index (χ2v) is 2.41. The molecule has 0 amide bonds. The van der Waals surface area contributed by atoms with Gasteiger partial charge in [-0.25, -0.2) is 4.79 Å². The Labute approximate surface area is 62.6 Å². The highest BCUT2D eigenvalue weighted by Crippen LogP contribution is 2.07. The van der Waals surface area contributed by atoms with Crippen LogP contribution in [0.15, 0.2) is 0 Å². The second kappa shape index (κ2) is 4.16. The molecule has 0 aliphatic carbocycles. The zero-order valence-corrected chi connectivity index (χ0v) is 6.47. The summed E-state index contributed by atoms with van der Waals surface area (Å²) in [7, 11) is 0. The molecule has 1 unspecified atom stereocenters. The number of hydrogen-bond acceptors (Lipinski definition) is 4. The number of aliphatic carboxylic acids is 1. The maximum Gasteiger partial charge on any atom is 0.355 e. The predicted molar refractivity (Wildman–Crippen MR) is 36.7 cm³/mol. The van der Waals surface area contributed by atoms with E-state index in [1.54, 1.807) is 6.26 Å². The van der Waals surface area contributed by atoms with E-state index < -0.39 is 17.4 Å². The van der Waals surface area contributed by atoms with E-state index in [1.807, 2.05) is 0 Å². The number of ether oxygens (including phenoxy) is 1. The molecule has 0 saturated heterocycles. The third-order valence-electron chi connectivity index (χ3n) is 0.689. The first-order valence-corrected chi connectivity index (χ1v) is 3.79. The Morgan fingerprint density at radius 2 is 2.10 bits per heavy atom. The SMILES string of the molecule is CSC(OC(C)=O)C(=O)O. The van der Waals surface area contributed by atoms with Crippen molar-refractivity contribution in [1.29, 1.82) is 0 Å². The molecule has 0 bridgehead atoms. The Bertz CT molecular complexity index is 145. The van der Waals surface area contributed by atoms with Crippen molar-refractivity contribution in [3.63, 3.8) is 0 Å². The van der Waals surface area contributed by atoms with Gasteiger partial charge >= 0.3 is 11.9 Å². The van der Waals surface area contributed by atoms with E-state index in [4.69, 9.17) is 5.11 Å². The van der Waals surface area contributed by atoms with Crippen LogP contribution < -0.4 is 0 Å². The topological polar surface area (TPSA) is 63.6 Å². The normalized spacial score (nSPS) is 12.2. The number of rotatable bonds is 3. The molecule has 0 heterocycles. The Hall–Kier alpha value is -0.710. The first-order valence-electron chi connectivity index (χ1n) is 2.50. The van der Waals surface area contributed by atoms with Crippen molar-refractivity contribution in [1.82, 2.24) is 0 Å². The van der Waals surface area contributed by atoms with Crippen molar-refractivity contribution in [3.05, 3.63) is 0 Å². The van der Waals surface area contributed by atoms with Crippen LogP contribution in [0.3, 0.4) is 0 Å². The standard InChI is InChI=1S/C5H8O4S/c1-3(6)9-5(10-2)4(7)8/h5H,1-2H3,(H,7,8). The molecule has 1 atom stereocenters. The van der Waals surface area contributed by atoms with E-state index in [1.165, 1.54) is 6.92 Å². The molecular weight excluding hydrogens is 156 g/mol. The van der Waals surface area contributed by atoms with Gasteiger partial charge in [0.1, 0.15) is 0 Å². The average Bonchev–Trinajstić information content (AvgIpc) is 1.81. The molecule has 5 heteroatoms. The van der Waals surface area contributed by atoms with Crippen LogP contribution in [-0.4, -0.2) is 28.7 Å². The number of carboxylic acids is 1. The minimum absolute atomic E-state index is 0.582. The minimum atomic E-state index is -1.14. The first-order chi connectivity index (χ1) is 4.57. The molecule has 10 heavy (non-hydrogen) atoms. The Kier molecular flexibility index (Phi) is 3.87. The van der Waals surface area contributed by atoms with E-state index in [9.17, 15) is 9.59 Å². The van der Waals surface area contributed by atoms with Crippen LogP contribution in [0.5, 0.6) is 0 Å². The van der Waals surface area contributed by atoms with Gasteiger partial charge in [-0.3, -0.25) is 4.79 Å². The van der Waals surface area contributed by atoms with Crippen molar-refractivity contribution in [2.24, 2.45) is 0 Å². The molecule has 0 aliphatic rings. The predicted octanol–water partition coefficient (Wildman–Crippen LogP) is 0.323. The zero-order chi connectivity index (χ0) is 8.15. The van der Waals surface area contributed by atoms with Crippen LogP contribution in [0.1, 0.15) is 6.92 Å². The van der Waals surface area contributed by atoms with Crippen molar-refractivity contribution < 1.29 is 19.4 Å². The van der Waals surface area contributed by atoms with Gasteiger partial charge in [-0.1, -0.05) is 0 Å². The summed E-state index contributed by atoms with van der Waals surface area (Å²) in [4.78, 5) is 20.4. The van der Waals surface area contributed by atoms with Crippen LogP contribution in [0.25, 0.3) is 0 Å². The van der Waals surface area contributed by atoms with Gasteiger partial charge in [0.15, 0.2) is 0 Å². The third kappa shape index (κ3) is 3.34. The summed E-state index contributed by atoms with van der Waals surface area (Å²) in [6.45, 7) is 1.17. The molecule has 0 aromatic heterocycles. The summed E-state index contributed by atoms with van der Waals surface area (Å²) in [6.07, 6.45) is 1.56. The summed E-state index contributed by atoms with van der Waals surface area (Å²) in [5.41, 5.74) is -1.07. The molecule has 0 rings (SSSR count). The Morgan fingerprint density at radius 1 is 1.60 bits per heavy atom. The summed E-state index contributed by atoms with van der Waals surface area (Å²) in [5, 5.41) is 8.32. The molecule has 58 valence electrons. The fourth-order valence-corrected chi connectivity index (χ4v) is 0.783. The lowest BCUT2D eigenvalue weighted by Gasteiger charge is -2.07.